The summed E-state index contributed by atoms with van der Waals surface area (Å²) in [5.41, 5.74) is -2.90. The predicted molar refractivity (Wildman–Crippen MR) is 64.7 cm³/mol. The maximum atomic E-state index is 12.5. The molecule has 1 atom stereocenters. The summed E-state index contributed by atoms with van der Waals surface area (Å²) in [7, 11) is 0. The molecule has 0 heterocycles. The SMILES string of the molecule is CC(C)(O)[C@@H](NC(=O)C(F)(F)F)c1ccc(C(F)(F)F)cc1. The van der Waals surface area contributed by atoms with Crippen molar-refractivity contribution in [1.29, 1.82) is 0 Å². The Morgan fingerprint density at radius 2 is 1.50 bits per heavy atom. The van der Waals surface area contributed by atoms with Gasteiger partial charge < -0.3 is 10.4 Å². The van der Waals surface area contributed by atoms with Gasteiger partial charge in [0.2, 0.25) is 0 Å². The van der Waals surface area contributed by atoms with Crippen molar-refractivity contribution in [2.24, 2.45) is 0 Å². The highest BCUT2D eigenvalue weighted by molar-refractivity contribution is 5.82. The van der Waals surface area contributed by atoms with Crippen molar-refractivity contribution in [1.82, 2.24) is 5.32 Å². The van der Waals surface area contributed by atoms with Crippen molar-refractivity contribution >= 4 is 5.91 Å². The fraction of sp³-hybridized carbons (Fsp3) is 0.462. The molecule has 0 bridgehead atoms. The Hall–Kier alpha value is -1.77. The maximum Gasteiger partial charge on any atom is 0.471 e. The van der Waals surface area contributed by atoms with Gasteiger partial charge >= 0.3 is 18.3 Å². The molecule has 0 saturated carbocycles. The van der Waals surface area contributed by atoms with Crippen LogP contribution in [0.3, 0.4) is 0 Å². The highest BCUT2D eigenvalue weighted by Gasteiger charge is 2.42. The molecule has 0 aliphatic rings. The minimum Gasteiger partial charge on any atom is -0.388 e. The lowest BCUT2D eigenvalue weighted by atomic mass is 9.91. The van der Waals surface area contributed by atoms with Crippen LogP contribution in [0.1, 0.15) is 31.0 Å². The minimum absolute atomic E-state index is 0.0851. The summed E-state index contributed by atoms with van der Waals surface area (Å²) in [5, 5.41) is 11.4. The molecule has 3 nitrogen and oxygen atoms in total. The topological polar surface area (TPSA) is 49.3 Å². The zero-order chi connectivity index (χ0) is 17.3. The van der Waals surface area contributed by atoms with E-state index in [1.807, 2.05) is 0 Å². The Kier molecular flexibility index (Phi) is 4.81. The number of carbonyl (C=O) groups is 1. The fourth-order valence-corrected chi connectivity index (χ4v) is 1.75. The molecular weight excluding hydrogens is 316 g/mol. The average molecular weight is 329 g/mol. The first-order chi connectivity index (χ1) is 9.73. The zero-order valence-electron chi connectivity index (χ0n) is 11.5. The van der Waals surface area contributed by atoms with Crippen molar-refractivity contribution in [3.63, 3.8) is 0 Å². The van der Waals surface area contributed by atoms with Crippen molar-refractivity contribution in [2.45, 2.75) is 37.8 Å². The summed E-state index contributed by atoms with van der Waals surface area (Å²) < 4.78 is 74.2. The second kappa shape index (κ2) is 5.79. The predicted octanol–water partition coefficient (Wildman–Crippen LogP) is 3.20. The third kappa shape index (κ3) is 4.62. The van der Waals surface area contributed by atoms with Crippen LogP contribution in [0.5, 0.6) is 0 Å². The molecule has 1 aromatic carbocycles. The molecule has 22 heavy (non-hydrogen) atoms. The molecule has 0 aliphatic carbocycles. The number of hydrogen-bond acceptors (Lipinski definition) is 2. The molecule has 0 radical (unpaired) electrons. The van der Waals surface area contributed by atoms with Crippen LogP contribution >= 0.6 is 0 Å². The lowest BCUT2D eigenvalue weighted by molar-refractivity contribution is -0.176. The fourth-order valence-electron chi connectivity index (χ4n) is 1.75. The second-order valence-corrected chi connectivity index (χ2v) is 5.18. The number of amides is 1. The number of halogens is 6. The van der Waals surface area contributed by atoms with Gasteiger partial charge in [-0.1, -0.05) is 12.1 Å². The maximum absolute atomic E-state index is 12.5. The van der Waals surface area contributed by atoms with E-state index in [1.54, 1.807) is 5.32 Å². The lowest BCUT2D eigenvalue weighted by Gasteiger charge is -2.31. The van der Waals surface area contributed by atoms with Gasteiger partial charge in [-0.2, -0.15) is 26.3 Å². The zero-order valence-corrected chi connectivity index (χ0v) is 11.5. The van der Waals surface area contributed by atoms with Gasteiger partial charge in [0, 0.05) is 0 Å². The van der Waals surface area contributed by atoms with Gasteiger partial charge in [-0.3, -0.25) is 4.79 Å². The Labute approximate surface area is 121 Å². The monoisotopic (exact) mass is 329 g/mol. The van der Waals surface area contributed by atoms with Gasteiger partial charge in [0.15, 0.2) is 0 Å². The molecule has 1 aromatic rings. The highest BCUT2D eigenvalue weighted by Crippen LogP contribution is 2.32. The van der Waals surface area contributed by atoms with Crippen molar-refractivity contribution in [3.05, 3.63) is 35.4 Å². The largest absolute Gasteiger partial charge is 0.471 e. The van der Waals surface area contributed by atoms with Gasteiger partial charge in [-0.15, -0.1) is 0 Å². The van der Waals surface area contributed by atoms with E-state index in [-0.39, 0.29) is 5.56 Å². The molecule has 0 unspecified atom stereocenters. The summed E-state index contributed by atoms with van der Waals surface area (Å²) in [6.07, 6.45) is -9.77. The summed E-state index contributed by atoms with van der Waals surface area (Å²) >= 11 is 0. The highest BCUT2D eigenvalue weighted by atomic mass is 19.4. The smallest absolute Gasteiger partial charge is 0.388 e. The van der Waals surface area contributed by atoms with Crippen molar-refractivity contribution in [3.8, 4) is 0 Å². The molecule has 0 fully saturated rings. The lowest BCUT2D eigenvalue weighted by Crippen LogP contribution is -2.46. The van der Waals surface area contributed by atoms with Crippen LogP contribution in [0.4, 0.5) is 26.3 Å². The van der Waals surface area contributed by atoms with E-state index in [9.17, 15) is 36.2 Å². The van der Waals surface area contributed by atoms with Crippen LogP contribution in [0, 0.1) is 0 Å². The first-order valence-electron chi connectivity index (χ1n) is 6.00. The average Bonchev–Trinajstić information content (AvgIpc) is 2.32. The second-order valence-electron chi connectivity index (χ2n) is 5.18. The molecule has 1 rings (SSSR count). The quantitative estimate of drug-likeness (QED) is 0.837. The molecule has 2 N–H and O–H groups in total. The van der Waals surface area contributed by atoms with E-state index in [1.165, 1.54) is 0 Å². The number of alkyl halides is 6. The third-order valence-corrected chi connectivity index (χ3v) is 2.81. The molecule has 124 valence electrons. The molecule has 0 aromatic heterocycles. The minimum atomic E-state index is -5.17. The van der Waals surface area contributed by atoms with Crippen LogP contribution in [0.25, 0.3) is 0 Å². The van der Waals surface area contributed by atoms with Gasteiger partial charge in [-0.25, -0.2) is 0 Å². The molecule has 0 spiro atoms. The Morgan fingerprint density at radius 1 is 1.05 bits per heavy atom. The normalized spacial score (nSPS) is 14.6. The van der Waals surface area contributed by atoms with E-state index in [2.05, 4.69) is 0 Å². The summed E-state index contributed by atoms with van der Waals surface area (Å²) in [4.78, 5) is 11.0. The first kappa shape index (κ1) is 18.3. The molecular formula is C13H13F6NO2. The van der Waals surface area contributed by atoms with Gasteiger partial charge in [0.1, 0.15) is 0 Å². The molecule has 1 amide bonds. The van der Waals surface area contributed by atoms with E-state index in [4.69, 9.17) is 0 Å². The van der Waals surface area contributed by atoms with Gasteiger partial charge in [0.05, 0.1) is 17.2 Å². The van der Waals surface area contributed by atoms with Gasteiger partial charge in [0.25, 0.3) is 0 Å². The van der Waals surface area contributed by atoms with Crippen molar-refractivity contribution in [2.75, 3.05) is 0 Å². The van der Waals surface area contributed by atoms with Crippen LogP contribution in [-0.2, 0) is 11.0 Å². The summed E-state index contributed by atoms with van der Waals surface area (Å²) in [6.45, 7) is 2.26. The summed E-state index contributed by atoms with van der Waals surface area (Å²) in [5.74, 6) is -2.29. The van der Waals surface area contributed by atoms with E-state index in [0.29, 0.717) is 12.1 Å². The number of aliphatic hydroxyl groups is 1. The standard InChI is InChI=1S/C13H13F6NO2/c1-11(2,22)9(20-10(21)13(17,18)19)7-3-5-8(6-4-7)12(14,15)16/h3-6,9,22H,1-2H3,(H,20,21)/t9-/m0/s1. The van der Waals surface area contributed by atoms with Gasteiger partial charge in [-0.05, 0) is 31.5 Å². The summed E-state index contributed by atoms with van der Waals surface area (Å²) in [6, 6.07) is 1.61. The number of hydrogen-bond donors (Lipinski definition) is 2. The number of nitrogens with one attached hydrogen (secondary N) is 1. The van der Waals surface area contributed by atoms with E-state index in [0.717, 1.165) is 26.0 Å². The Bertz CT molecular complexity index is 527. The molecule has 0 aliphatic heterocycles. The van der Waals surface area contributed by atoms with Crippen LogP contribution in [-0.4, -0.2) is 22.8 Å². The number of benzene rings is 1. The Morgan fingerprint density at radius 3 is 1.82 bits per heavy atom. The first-order valence-corrected chi connectivity index (χ1v) is 6.00. The van der Waals surface area contributed by atoms with Crippen LogP contribution in [0.2, 0.25) is 0 Å². The van der Waals surface area contributed by atoms with Crippen LogP contribution < -0.4 is 5.32 Å². The molecule has 9 heteroatoms. The van der Waals surface area contributed by atoms with Crippen molar-refractivity contribution < 1.29 is 36.2 Å². The Balaban J connectivity index is 3.12. The molecule has 0 saturated heterocycles. The van der Waals surface area contributed by atoms with E-state index >= 15 is 0 Å². The number of rotatable bonds is 3. The third-order valence-electron chi connectivity index (χ3n) is 2.81. The van der Waals surface area contributed by atoms with Crippen LogP contribution in [0.15, 0.2) is 24.3 Å². The number of carbonyl (C=O) groups excluding carboxylic acids is 1. The van der Waals surface area contributed by atoms with E-state index < -0.39 is 35.5 Å².